The number of hydrogen-bond donors (Lipinski definition) is 0. The summed E-state index contributed by atoms with van der Waals surface area (Å²) in [6.45, 7) is 12.3. The Morgan fingerprint density at radius 3 is 2.57 bits per heavy atom. The van der Waals surface area contributed by atoms with Gasteiger partial charge in [0.25, 0.3) is 5.91 Å². The Bertz CT molecular complexity index is 561. The highest BCUT2D eigenvalue weighted by Crippen LogP contribution is 2.27. The Morgan fingerprint density at radius 1 is 1.26 bits per heavy atom. The summed E-state index contributed by atoms with van der Waals surface area (Å²) in [6, 6.07) is 1.05. The van der Waals surface area contributed by atoms with Crippen LogP contribution in [0.1, 0.15) is 62.1 Å². The van der Waals surface area contributed by atoms with Crippen LogP contribution in [0.25, 0.3) is 0 Å². The van der Waals surface area contributed by atoms with Gasteiger partial charge in [0.1, 0.15) is 0 Å². The van der Waals surface area contributed by atoms with E-state index in [-0.39, 0.29) is 11.9 Å². The first kappa shape index (κ1) is 16.5. The molecule has 0 radical (unpaired) electrons. The first-order valence-corrected chi connectivity index (χ1v) is 9.04. The van der Waals surface area contributed by atoms with Crippen molar-refractivity contribution in [2.45, 2.75) is 59.0 Å². The van der Waals surface area contributed by atoms with E-state index in [1.807, 2.05) is 16.5 Å². The van der Waals surface area contributed by atoms with Gasteiger partial charge in [-0.25, -0.2) is 0 Å². The largest absolute Gasteiger partial charge is 0.337 e. The van der Waals surface area contributed by atoms with E-state index in [0.29, 0.717) is 5.92 Å². The van der Waals surface area contributed by atoms with Crippen molar-refractivity contribution in [3.63, 3.8) is 0 Å². The van der Waals surface area contributed by atoms with E-state index >= 15 is 0 Å². The van der Waals surface area contributed by atoms with E-state index in [2.05, 4.69) is 30.8 Å². The van der Waals surface area contributed by atoms with Crippen LogP contribution in [-0.2, 0) is 0 Å². The SMILES string of the molecule is Cc1c(C(=O)N2CCN(C3CCC3)C[C@H](C)C2)cnn1C(C)C. The summed E-state index contributed by atoms with van der Waals surface area (Å²) in [7, 11) is 0. The Balaban J connectivity index is 1.71. The van der Waals surface area contributed by atoms with Gasteiger partial charge in [0.05, 0.1) is 11.8 Å². The van der Waals surface area contributed by atoms with Crippen molar-refractivity contribution >= 4 is 5.91 Å². The van der Waals surface area contributed by atoms with E-state index in [4.69, 9.17) is 0 Å². The Kier molecular flexibility index (Phi) is 4.76. The lowest BCUT2D eigenvalue weighted by Crippen LogP contribution is -2.43. The Hall–Kier alpha value is -1.36. The highest BCUT2D eigenvalue weighted by molar-refractivity contribution is 5.95. The molecule has 1 saturated carbocycles. The molecular formula is C18H30N4O. The highest BCUT2D eigenvalue weighted by Gasteiger charge is 2.31. The fourth-order valence-corrected chi connectivity index (χ4v) is 3.86. The van der Waals surface area contributed by atoms with Gasteiger partial charge in [-0.3, -0.25) is 14.4 Å². The molecule has 23 heavy (non-hydrogen) atoms. The number of hydrogen-bond acceptors (Lipinski definition) is 3. The second kappa shape index (κ2) is 6.63. The van der Waals surface area contributed by atoms with Gasteiger partial charge < -0.3 is 4.90 Å². The van der Waals surface area contributed by atoms with Gasteiger partial charge in [0.2, 0.25) is 0 Å². The molecule has 1 atom stereocenters. The van der Waals surface area contributed by atoms with Gasteiger partial charge >= 0.3 is 0 Å². The molecule has 1 aliphatic carbocycles. The van der Waals surface area contributed by atoms with Crippen LogP contribution in [0.2, 0.25) is 0 Å². The van der Waals surface area contributed by atoms with Crippen molar-refractivity contribution in [2.75, 3.05) is 26.2 Å². The fourth-order valence-electron chi connectivity index (χ4n) is 3.86. The van der Waals surface area contributed by atoms with Crippen LogP contribution in [0, 0.1) is 12.8 Å². The zero-order chi connectivity index (χ0) is 16.6. The molecule has 3 rings (SSSR count). The van der Waals surface area contributed by atoms with Gasteiger partial charge in [-0.15, -0.1) is 0 Å². The monoisotopic (exact) mass is 318 g/mol. The second-order valence-corrected chi connectivity index (χ2v) is 7.62. The highest BCUT2D eigenvalue weighted by atomic mass is 16.2. The molecule has 2 aliphatic rings. The third kappa shape index (κ3) is 3.30. The zero-order valence-corrected chi connectivity index (χ0v) is 15.0. The van der Waals surface area contributed by atoms with E-state index < -0.39 is 0 Å². The number of rotatable bonds is 3. The molecule has 0 aromatic carbocycles. The lowest BCUT2D eigenvalue weighted by molar-refractivity contribution is 0.0742. The smallest absolute Gasteiger partial charge is 0.257 e. The average Bonchev–Trinajstić information content (AvgIpc) is 2.71. The summed E-state index contributed by atoms with van der Waals surface area (Å²) in [4.78, 5) is 17.6. The van der Waals surface area contributed by atoms with Crippen molar-refractivity contribution in [3.05, 3.63) is 17.5 Å². The number of carbonyl (C=O) groups excluding carboxylic acids is 1. The van der Waals surface area contributed by atoms with Crippen LogP contribution < -0.4 is 0 Å². The van der Waals surface area contributed by atoms with E-state index in [1.165, 1.54) is 19.3 Å². The quantitative estimate of drug-likeness (QED) is 0.860. The van der Waals surface area contributed by atoms with Gasteiger partial charge in [0.15, 0.2) is 0 Å². The fraction of sp³-hybridized carbons (Fsp3) is 0.778. The number of aromatic nitrogens is 2. The molecule has 1 aromatic heterocycles. The van der Waals surface area contributed by atoms with Gasteiger partial charge in [-0.05, 0) is 39.5 Å². The maximum Gasteiger partial charge on any atom is 0.257 e. The van der Waals surface area contributed by atoms with Crippen molar-refractivity contribution in [3.8, 4) is 0 Å². The normalized spacial score (nSPS) is 23.9. The van der Waals surface area contributed by atoms with Gasteiger partial charge in [0, 0.05) is 44.0 Å². The molecule has 2 heterocycles. The number of carbonyl (C=O) groups is 1. The molecule has 2 fully saturated rings. The molecule has 1 aromatic rings. The topological polar surface area (TPSA) is 41.4 Å². The molecule has 5 heteroatoms. The number of amides is 1. The minimum atomic E-state index is 0.150. The second-order valence-electron chi connectivity index (χ2n) is 7.62. The molecule has 0 bridgehead atoms. The van der Waals surface area contributed by atoms with Crippen molar-refractivity contribution < 1.29 is 4.79 Å². The van der Waals surface area contributed by atoms with Crippen LogP contribution in [0.5, 0.6) is 0 Å². The molecule has 1 saturated heterocycles. The van der Waals surface area contributed by atoms with Crippen molar-refractivity contribution in [1.82, 2.24) is 19.6 Å². The maximum absolute atomic E-state index is 13.0. The van der Waals surface area contributed by atoms with Crippen molar-refractivity contribution in [1.29, 1.82) is 0 Å². The first-order chi connectivity index (χ1) is 11.0. The third-order valence-electron chi connectivity index (χ3n) is 5.38. The summed E-state index contributed by atoms with van der Waals surface area (Å²) in [6.07, 6.45) is 5.78. The Morgan fingerprint density at radius 2 is 2.00 bits per heavy atom. The molecule has 5 nitrogen and oxygen atoms in total. The molecule has 1 aliphatic heterocycles. The first-order valence-electron chi connectivity index (χ1n) is 9.04. The summed E-state index contributed by atoms with van der Waals surface area (Å²) in [5, 5.41) is 4.40. The van der Waals surface area contributed by atoms with Crippen LogP contribution in [0.3, 0.4) is 0 Å². The van der Waals surface area contributed by atoms with Crippen LogP contribution in [0.15, 0.2) is 6.20 Å². The maximum atomic E-state index is 13.0. The summed E-state index contributed by atoms with van der Waals surface area (Å²) in [5.74, 6) is 0.680. The predicted molar refractivity (Wildman–Crippen MR) is 91.6 cm³/mol. The van der Waals surface area contributed by atoms with Gasteiger partial charge in [-0.2, -0.15) is 5.10 Å². The molecule has 0 N–H and O–H groups in total. The summed E-state index contributed by atoms with van der Waals surface area (Å²) >= 11 is 0. The minimum absolute atomic E-state index is 0.150. The predicted octanol–water partition coefficient (Wildman–Crippen LogP) is 2.72. The standard InChI is InChI=1S/C18H30N4O/c1-13(2)22-15(4)17(10-19-22)18(23)21-9-8-20(11-14(3)12-21)16-6-5-7-16/h10,13-14,16H,5-9,11-12H2,1-4H3/t14-/m0/s1. The molecule has 0 spiro atoms. The van der Waals surface area contributed by atoms with E-state index in [0.717, 1.165) is 43.5 Å². The van der Waals surface area contributed by atoms with Crippen molar-refractivity contribution in [2.24, 2.45) is 5.92 Å². The van der Waals surface area contributed by atoms with Crippen LogP contribution >= 0.6 is 0 Å². The van der Waals surface area contributed by atoms with Crippen LogP contribution in [0.4, 0.5) is 0 Å². The lowest BCUT2D eigenvalue weighted by atomic mass is 9.91. The van der Waals surface area contributed by atoms with E-state index in [9.17, 15) is 4.79 Å². The lowest BCUT2D eigenvalue weighted by Gasteiger charge is -2.37. The average molecular weight is 318 g/mol. The van der Waals surface area contributed by atoms with E-state index in [1.54, 1.807) is 6.20 Å². The zero-order valence-electron chi connectivity index (χ0n) is 15.0. The summed E-state index contributed by atoms with van der Waals surface area (Å²) in [5.41, 5.74) is 1.75. The minimum Gasteiger partial charge on any atom is -0.337 e. The Labute approximate surface area is 139 Å². The van der Waals surface area contributed by atoms with Gasteiger partial charge in [-0.1, -0.05) is 13.3 Å². The molecule has 0 unspecified atom stereocenters. The number of nitrogens with zero attached hydrogens (tertiary/aromatic N) is 4. The summed E-state index contributed by atoms with van der Waals surface area (Å²) < 4.78 is 1.94. The third-order valence-corrected chi connectivity index (χ3v) is 5.38. The molecule has 128 valence electrons. The van der Waals surface area contributed by atoms with Crippen LogP contribution in [-0.4, -0.2) is 57.7 Å². The molecule has 1 amide bonds. The molecular weight excluding hydrogens is 288 g/mol.